The second-order valence-corrected chi connectivity index (χ2v) is 4.67. The average molecular weight is 215 g/mol. The summed E-state index contributed by atoms with van der Waals surface area (Å²) in [4.78, 5) is 0. The Balaban J connectivity index is 0.000000151. The molecule has 0 saturated carbocycles. The highest BCUT2D eigenvalue weighted by Gasteiger charge is 1.84. The average Bonchev–Trinajstić information content (AvgIpc) is 2.25. The van der Waals surface area contributed by atoms with Crippen LogP contribution in [0.3, 0.4) is 0 Å². The molecule has 1 nitrogen and oxygen atoms in total. The van der Waals surface area contributed by atoms with E-state index in [-0.39, 0.29) is 0 Å². The number of anilines is 1. The number of benzene rings is 2. The molecule has 0 aliphatic heterocycles. The van der Waals surface area contributed by atoms with Gasteiger partial charge in [-0.25, -0.2) is 0 Å². The zero-order valence-corrected chi connectivity index (χ0v) is 11.3. The van der Waals surface area contributed by atoms with Crippen LogP contribution in [0.15, 0.2) is 54.6 Å². The van der Waals surface area contributed by atoms with E-state index in [0.717, 1.165) is 11.3 Å². The van der Waals surface area contributed by atoms with Gasteiger partial charge in [0.15, 0.2) is 0 Å². The molecule has 2 heteroatoms. The van der Waals surface area contributed by atoms with E-state index in [1.807, 2.05) is 37.3 Å². The normalized spacial score (nSPS) is 9.13. The molecule has 0 saturated heterocycles. The summed E-state index contributed by atoms with van der Waals surface area (Å²) in [5, 5.41) is 1.46. The number of nitrogens with two attached hydrogens (primary N) is 1. The molecule has 0 aromatic heterocycles. The molecule has 0 spiro atoms. The standard InChI is InChI=1S/C7H9N.C6H8Si/c1-6-4-2-3-5-7(6)8;7-6-4-2-1-3-5-6/h2-5H,8H2,1H3;1-5H,7H3. The van der Waals surface area contributed by atoms with Gasteiger partial charge in [-0.05, 0) is 18.6 Å². The second kappa shape index (κ2) is 6.04. The van der Waals surface area contributed by atoms with Crippen molar-refractivity contribution in [3.63, 3.8) is 0 Å². The summed E-state index contributed by atoms with van der Waals surface area (Å²) in [6.45, 7) is 2.00. The fourth-order valence-corrected chi connectivity index (χ4v) is 1.51. The Morgan fingerprint density at radius 1 is 0.867 bits per heavy atom. The largest absolute Gasteiger partial charge is 0.399 e. The van der Waals surface area contributed by atoms with Crippen molar-refractivity contribution in [1.29, 1.82) is 0 Å². The molecule has 0 fully saturated rings. The van der Waals surface area contributed by atoms with Crippen LogP contribution in [0.2, 0.25) is 0 Å². The first-order chi connectivity index (χ1) is 7.20. The van der Waals surface area contributed by atoms with Crippen molar-refractivity contribution < 1.29 is 0 Å². The highest BCUT2D eigenvalue weighted by Crippen LogP contribution is 2.06. The van der Waals surface area contributed by atoms with Crippen molar-refractivity contribution in [1.82, 2.24) is 0 Å². The highest BCUT2D eigenvalue weighted by molar-refractivity contribution is 6.32. The van der Waals surface area contributed by atoms with E-state index in [2.05, 4.69) is 24.3 Å². The number of para-hydroxylation sites is 1. The summed E-state index contributed by atoms with van der Waals surface area (Å²) in [6, 6.07) is 18.3. The fourth-order valence-electron chi connectivity index (χ4n) is 1.12. The van der Waals surface area contributed by atoms with Gasteiger partial charge in [-0.3, -0.25) is 0 Å². The Hall–Kier alpha value is -1.54. The number of rotatable bonds is 0. The smallest absolute Gasteiger partial charge is 0.0384 e. The summed E-state index contributed by atoms with van der Waals surface area (Å²) >= 11 is 0. The predicted molar refractivity (Wildman–Crippen MR) is 71.6 cm³/mol. The van der Waals surface area contributed by atoms with Crippen molar-refractivity contribution in [2.75, 3.05) is 5.73 Å². The lowest BCUT2D eigenvalue weighted by Gasteiger charge is -1.93. The molecule has 0 unspecified atom stereocenters. The number of aryl methyl sites for hydroxylation is 1. The van der Waals surface area contributed by atoms with Gasteiger partial charge in [-0.2, -0.15) is 0 Å². The van der Waals surface area contributed by atoms with Crippen LogP contribution in [0.4, 0.5) is 5.69 Å². The van der Waals surface area contributed by atoms with Crippen LogP contribution in [0.25, 0.3) is 0 Å². The summed E-state index contributed by atoms with van der Waals surface area (Å²) in [6.07, 6.45) is 0. The molecule has 15 heavy (non-hydrogen) atoms. The van der Waals surface area contributed by atoms with Crippen LogP contribution in [0.1, 0.15) is 5.56 Å². The highest BCUT2D eigenvalue weighted by atomic mass is 28.1. The lowest BCUT2D eigenvalue weighted by molar-refractivity contribution is 1.47. The maximum absolute atomic E-state index is 5.52. The van der Waals surface area contributed by atoms with E-state index >= 15 is 0 Å². The molecule has 0 heterocycles. The third-order valence-corrected chi connectivity index (χ3v) is 2.80. The van der Waals surface area contributed by atoms with Gasteiger partial charge in [0, 0.05) is 15.9 Å². The topological polar surface area (TPSA) is 26.0 Å². The summed E-state index contributed by atoms with van der Waals surface area (Å²) in [5.41, 5.74) is 7.53. The first-order valence-corrected chi connectivity index (χ1v) is 6.03. The third-order valence-electron chi connectivity index (χ3n) is 2.13. The Labute approximate surface area is 94.4 Å². The molecule has 0 aliphatic rings. The van der Waals surface area contributed by atoms with E-state index < -0.39 is 0 Å². The van der Waals surface area contributed by atoms with Crippen LogP contribution in [0, 0.1) is 6.92 Å². The van der Waals surface area contributed by atoms with Crippen molar-refractivity contribution >= 4 is 21.1 Å². The molecule has 0 aliphatic carbocycles. The molecule has 2 aromatic carbocycles. The SMILES string of the molecule is Cc1ccccc1N.[SiH3]c1ccccc1. The van der Waals surface area contributed by atoms with Crippen LogP contribution < -0.4 is 10.9 Å². The monoisotopic (exact) mass is 215 g/mol. The van der Waals surface area contributed by atoms with E-state index in [0.29, 0.717) is 0 Å². The summed E-state index contributed by atoms with van der Waals surface area (Å²) in [7, 11) is 1.17. The molecule has 2 rings (SSSR count). The Bertz CT molecular complexity index is 377. The fraction of sp³-hybridized carbons (Fsp3) is 0.0769. The van der Waals surface area contributed by atoms with Gasteiger partial charge in [0.05, 0.1) is 0 Å². The van der Waals surface area contributed by atoms with Crippen molar-refractivity contribution in [3.05, 3.63) is 60.2 Å². The molecular weight excluding hydrogens is 198 g/mol. The maximum atomic E-state index is 5.52. The zero-order valence-electron chi connectivity index (χ0n) is 9.27. The number of hydrogen-bond donors (Lipinski definition) is 1. The second-order valence-electron chi connectivity index (χ2n) is 3.51. The van der Waals surface area contributed by atoms with Gasteiger partial charge < -0.3 is 5.73 Å². The molecule has 78 valence electrons. The van der Waals surface area contributed by atoms with Crippen LogP contribution in [0.5, 0.6) is 0 Å². The molecule has 0 bridgehead atoms. The van der Waals surface area contributed by atoms with Crippen molar-refractivity contribution in [2.24, 2.45) is 0 Å². The minimum atomic E-state index is 0.868. The molecule has 2 N–H and O–H groups in total. The quantitative estimate of drug-likeness (QED) is 0.519. The maximum Gasteiger partial charge on any atom is 0.0384 e. The summed E-state index contributed by atoms with van der Waals surface area (Å²) < 4.78 is 0. The van der Waals surface area contributed by atoms with Gasteiger partial charge in [-0.1, -0.05) is 53.7 Å². The first-order valence-electron chi connectivity index (χ1n) is 5.03. The third kappa shape index (κ3) is 4.47. The Kier molecular flexibility index (Phi) is 4.64. The molecule has 0 radical (unpaired) electrons. The zero-order chi connectivity index (χ0) is 11.1. The van der Waals surface area contributed by atoms with Crippen molar-refractivity contribution in [2.45, 2.75) is 6.92 Å². The van der Waals surface area contributed by atoms with Crippen LogP contribution in [-0.2, 0) is 0 Å². The minimum absolute atomic E-state index is 0.868. The first kappa shape index (κ1) is 11.5. The van der Waals surface area contributed by atoms with E-state index in [1.54, 1.807) is 0 Å². The van der Waals surface area contributed by atoms with Crippen molar-refractivity contribution in [3.8, 4) is 0 Å². The minimum Gasteiger partial charge on any atom is -0.399 e. The summed E-state index contributed by atoms with van der Waals surface area (Å²) in [5.74, 6) is 0. The molecular formula is C13H17NSi. The van der Waals surface area contributed by atoms with E-state index in [1.165, 1.54) is 15.4 Å². The number of nitrogen functional groups attached to an aromatic ring is 1. The lowest BCUT2D eigenvalue weighted by atomic mass is 10.2. The van der Waals surface area contributed by atoms with Gasteiger partial charge in [0.25, 0.3) is 0 Å². The van der Waals surface area contributed by atoms with E-state index in [9.17, 15) is 0 Å². The Morgan fingerprint density at radius 2 is 1.40 bits per heavy atom. The van der Waals surface area contributed by atoms with E-state index in [4.69, 9.17) is 5.73 Å². The van der Waals surface area contributed by atoms with Gasteiger partial charge in [-0.15, -0.1) is 0 Å². The molecule has 0 amide bonds. The van der Waals surface area contributed by atoms with Gasteiger partial charge in [0.1, 0.15) is 0 Å². The molecule has 0 atom stereocenters. The number of hydrogen-bond acceptors (Lipinski definition) is 1. The van der Waals surface area contributed by atoms with Crippen LogP contribution in [-0.4, -0.2) is 10.2 Å². The van der Waals surface area contributed by atoms with Gasteiger partial charge in [0.2, 0.25) is 0 Å². The van der Waals surface area contributed by atoms with Crippen LogP contribution >= 0.6 is 0 Å². The Morgan fingerprint density at radius 3 is 1.73 bits per heavy atom. The molecule has 2 aromatic rings. The van der Waals surface area contributed by atoms with Gasteiger partial charge >= 0.3 is 0 Å². The predicted octanol–water partition coefficient (Wildman–Crippen LogP) is 1.25. The lowest BCUT2D eigenvalue weighted by Crippen LogP contribution is -1.97.